The van der Waals surface area contributed by atoms with E-state index in [1.807, 2.05) is 0 Å². The Labute approximate surface area is 158 Å². The van der Waals surface area contributed by atoms with Crippen LogP contribution in [0.3, 0.4) is 0 Å². The van der Waals surface area contributed by atoms with Gasteiger partial charge in [0, 0.05) is 18.9 Å². The molecule has 5 nitrogen and oxygen atoms in total. The molecule has 1 aliphatic rings. The molecule has 27 heavy (non-hydrogen) atoms. The zero-order chi connectivity index (χ0) is 18.5. The molecular formula is C22H23NO4. The second kappa shape index (κ2) is 8.46. The van der Waals surface area contributed by atoms with Gasteiger partial charge in [-0.05, 0) is 35.6 Å². The second-order valence-electron chi connectivity index (χ2n) is 6.95. The van der Waals surface area contributed by atoms with Crippen LogP contribution < -0.4 is 0 Å². The third-order valence-corrected chi connectivity index (χ3v) is 4.93. The SMILES string of the molecule is O=C(CCC1COCO1)c1cc(CCCc2ccc3ccccc3c2)on1. The molecule has 1 aromatic heterocycles. The summed E-state index contributed by atoms with van der Waals surface area (Å²) in [6, 6.07) is 16.7. The molecule has 140 valence electrons. The second-order valence-corrected chi connectivity index (χ2v) is 6.95. The van der Waals surface area contributed by atoms with Crippen LogP contribution in [0.4, 0.5) is 0 Å². The minimum Gasteiger partial charge on any atom is -0.361 e. The molecule has 0 aliphatic carbocycles. The molecule has 1 saturated heterocycles. The number of Topliss-reactive ketones (excluding diaryl/α,β-unsaturated/α-hetero) is 1. The van der Waals surface area contributed by atoms with Crippen molar-refractivity contribution in [3.8, 4) is 0 Å². The fourth-order valence-corrected chi connectivity index (χ4v) is 3.38. The van der Waals surface area contributed by atoms with Crippen LogP contribution in [0.5, 0.6) is 0 Å². The number of rotatable bonds is 8. The topological polar surface area (TPSA) is 61.6 Å². The normalized spacial score (nSPS) is 16.8. The minimum absolute atomic E-state index is 0.00460. The Balaban J connectivity index is 1.26. The van der Waals surface area contributed by atoms with Crippen molar-refractivity contribution < 1.29 is 18.8 Å². The molecule has 4 rings (SSSR count). The summed E-state index contributed by atoms with van der Waals surface area (Å²) >= 11 is 0. The Morgan fingerprint density at radius 2 is 1.96 bits per heavy atom. The molecule has 1 atom stereocenters. The number of carbonyl (C=O) groups is 1. The highest BCUT2D eigenvalue weighted by Crippen LogP contribution is 2.18. The van der Waals surface area contributed by atoms with Gasteiger partial charge >= 0.3 is 0 Å². The van der Waals surface area contributed by atoms with Gasteiger partial charge in [-0.3, -0.25) is 4.79 Å². The first kappa shape index (κ1) is 17.9. The highest BCUT2D eigenvalue weighted by atomic mass is 16.7. The van der Waals surface area contributed by atoms with Gasteiger partial charge in [-0.15, -0.1) is 0 Å². The number of hydrogen-bond donors (Lipinski definition) is 0. The highest BCUT2D eigenvalue weighted by Gasteiger charge is 2.19. The Morgan fingerprint density at radius 1 is 1.07 bits per heavy atom. The number of aryl methyl sites for hydroxylation is 2. The number of hydrogen-bond acceptors (Lipinski definition) is 5. The van der Waals surface area contributed by atoms with E-state index in [1.165, 1.54) is 16.3 Å². The van der Waals surface area contributed by atoms with Crippen molar-refractivity contribution in [1.82, 2.24) is 5.16 Å². The van der Waals surface area contributed by atoms with Crippen molar-refractivity contribution in [3.63, 3.8) is 0 Å². The van der Waals surface area contributed by atoms with Gasteiger partial charge < -0.3 is 14.0 Å². The van der Waals surface area contributed by atoms with Crippen LogP contribution in [0.15, 0.2) is 53.1 Å². The molecule has 0 radical (unpaired) electrons. The van der Waals surface area contributed by atoms with Gasteiger partial charge in [0.25, 0.3) is 0 Å². The maximum Gasteiger partial charge on any atom is 0.184 e. The molecule has 0 saturated carbocycles. The van der Waals surface area contributed by atoms with Gasteiger partial charge in [0.1, 0.15) is 18.2 Å². The average molecular weight is 365 g/mol. The minimum atomic E-state index is -0.00460. The Hall–Kier alpha value is -2.50. The molecule has 0 N–H and O–H groups in total. The van der Waals surface area contributed by atoms with Crippen molar-refractivity contribution in [2.45, 2.75) is 38.2 Å². The summed E-state index contributed by atoms with van der Waals surface area (Å²) in [5.74, 6) is 0.759. The number of ether oxygens (including phenoxy) is 2. The summed E-state index contributed by atoms with van der Waals surface area (Å²) < 4.78 is 15.8. The van der Waals surface area contributed by atoms with Crippen molar-refractivity contribution in [3.05, 3.63) is 65.5 Å². The lowest BCUT2D eigenvalue weighted by Gasteiger charge is -2.04. The van der Waals surface area contributed by atoms with E-state index in [2.05, 4.69) is 47.6 Å². The van der Waals surface area contributed by atoms with E-state index in [-0.39, 0.29) is 11.9 Å². The Bertz CT molecular complexity index is 911. The number of fused-ring (bicyclic) bond motifs is 1. The molecule has 1 aliphatic heterocycles. The van der Waals surface area contributed by atoms with Gasteiger partial charge in [-0.2, -0.15) is 0 Å². The van der Waals surface area contributed by atoms with Crippen molar-refractivity contribution >= 4 is 16.6 Å². The van der Waals surface area contributed by atoms with Crippen LogP contribution in [0.1, 0.15) is 41.1 Å². The van der Waals surface area contributed by atoms with Gasteiger partial charge in [0.2, 0.25) is 0 Å². The van der Waals surface area contributed by atoms with Crippen LogP contribution in [-0.4, -0.2) is 30.4 Å². The van der Waals surface area contributed by atoms with E-state index in [0.29, 0.717) is 31.9 Å². The van der Waals surface area contributed by atoms with Crippen LogP contribution >= 0.6 is 0 Å². The molecule has 0 bridgehead atoms. The largest absolute Gasteiger partial charge is 0.361 e. The molecule has 2 heterocycles. The van der Waals surface area contributed by atoms with E-state index in [9.17, 15) is 4.79 Å². The van der Waals surface area contributed by atoms with E-state index in [1.54, 1.807) is 6.07 Å². The fraction of sp³-hybridized carbons (Fsp3) is 0.364. The van der Waals surface area contributed by atoms with Gasteiger partial charge in [-0.1, -0.05) is 47.6 Å². The zero-order valence-corrected chi connectivity index (χ0v) is 15.2. The van der Waals surface area contributed by atoms with Crippen molar-refractivity contribution in [2.75, 3.05) is 13.4 Å². The number of benzene rings is 2. The van der Waals surface area contributed by atoms with Crippen molar-refractivity contribution in [1.29, 1.82) is 0 Å². The molecule has 1 fully saturated rings. The predicted octanol–water partition coefficient (Wildman–Crippen LogP) is 4.34. The van der Waals surface area contributed by atoms with E-state index in [0.717, 1.165) is 25.0 Å². The molecule has 2 aromatic carbocycles. The first-order valence-electron chi connectivity index (χ1n) is 9.44. The number of aromatic nitrogens is 1. The Kier molecular flexibility index (Phi) is 5.61. The molecule has 0 amide bonds. The fourth-order valence-electron chi connectivity index (χ4n) is 3.38. The summed E-state index contributed by atoms with van der Waals surface area (Å²) in [6.07, 6.45) is 3.76. The number of nitrogens with zero attached hydrogens (tertiary/aromatic N) is 1. The molecular weight excluding hydrogens is 342 g/mol. The summed E-state index contributed by atoms with van der Waals surface area (Å²) in [6.45, 7) is 0.885. The lowest BCUT2D eigenvalue weighted by Crippen LogP contribution is -2.12. The smallest absolute Gasteiger partial charge is 0.184 e. The maximum atomic E-state index is 12.2. The van der Waals surface area contributed by atoms with Crippen LogP contribution in [0, 0.1) is 0 Å². The molecule has 1 unspecified atom stereocenters. The molecule has 3 aromatic rings. The van der Waals surface area contributed by atoms with Gasteiger partial charge in [0.05, 0.1) is 12.7 Å². The van der Waals surface area contributed by atoms with Gasteiger partial charge in [-0.25, -0.2) is 0 Å². The third kappa shape index (κ3) is 4.62. The number of carbonyl (C=O) groups excluding carboxylic acids is 1. The van der Waals surface area contributed by atoms with E-state index < -0.39 is 0 Å². The monoisotopic (exact) mass is 365 g/mol. The van der Waals surface area contributed by atoms with Crippen LogP contribution in [-0.2, 0) is 22.3 Å². The molecule has 5 heteroatoms. The van der Waals surface area contributed by atoms with Crippen molar-refractivity contribution in [2.24, 2.45) is 0 Å². The van der Waals surface area contributed by atoms with E-state index in [4.69, 9.17) is 14.0 Å². The third-order valence-electron chi connectivity index (χ3n) is 4.93. The Morgan fingerprint density at radius 3 is 2.81 bits per heavy atom. The highest BCUT2D eigenvalue weighted by molar-refractivity contribution is 5.94. The van der Waals surface area contributed by atoms with Gasteiger partial charge in [0.15, 0.2) is 5.78 Å². The lowest BCUT2D eigenvalue weighted by atomic mass is 10.0. The lowest BCUT2D eigenvalue weighted by molar-refractivity contribution is 0.0436. The predicted molar refractivity (Wildman–Crippen MR) is 102 cm³/mol. The summed E-state index contributed by atoms with van der Waals surface area (Å²) in [5, 5.41) is 6.45. The summed E-state index contributed by atoms with van der Waals surface area (Å²) in [4.78, 5) is 12.2. The zero-order valence-electron chi connectivity index (χ0n) is 15.2. The summed E-state index contributed by atoms with van der Waals surface area (Å²) in [5.41, 5.74) is 1.72. The average Bonchev–Trinajstić information content (AvgIpc) is 3.38. The quantitative estimate of drug-likeness (QED) is 0.556. The number of ketones is 1. The van der Waals surface area contributed by atoms with E-state index >= 15 is 0 Å². The van der Waals surface area contributed by atoms with Crippen LogP contribution in [0.25, 0.3) is 10.8 Å². The first-order chi connectivity index (χ1) is 13.3. The standard InChI is InChI=1S/C22H23NO4/c24-22(11-10-20-14-25-15-26-20)21-13-19(27-23-21)7-3-4-16-8-9-17-5-1-2-6-18(17)12-16/h1-2,5-6,8-9,12-13,20H,3-4,7,10-11,14-15H2. The van der Waals surface area contributed by atoms with Crippen LogP contribution in [0.2, 0.25) is 0 Å². The molecule has 0 spiro atoms. The maximum absolute atomic E-state index is 12.2. The summed E-state index contributed by atoms with van der Waals surface area (Å²) in [7, 11) is 0. The first-order valence-corrected chi connectivity index (χ1v) is 9.44.